The predicted molar refractivity (Wildman–Crippen MR) is 127 cm³/mol. The first-order chi connectivity index (χ1) is 15.4. The van der Waals surface area contributed by atoms with Crippen LogP contribution in [0.2, 0.25) is 5.02 Å². The summed E-state index contributed by atoms with van der Waals surface area (Å²) < 4.78 is 5.75. The number of fused-ring (bicyclic) bond motifs is 1. The van der Waals surface area contributed by atoms with Gasteiger partial charge in [0.25, 0.3) is 11.8 Å². The maximum absolute atomic E-state index is 12.6. The molecule has 0 aromatic heterocycles. The second kappa shape index (κ2) is 9.16. The van der Waals surface area contributed by atoms with Gasteiger partial charge in [-0.25, -0.2) is 0 Å². The number of hydrogen-bond acceptors (Lipinski definition) is 4. The predicted octanol–water partition coefficient (Wildman–Crippen LogP) is 4.71. The van der Waals surface area contributed by atoms with Crippen molar-refractivity contribution in [3.8, 4) is 5.75 Å². The molecule has 3 aromatic carbocycles. The van der Waals surface area contributed by atoms with Crippen LogP contribution in [0.25, 0.3) is 6.08 Å². The average Bonchev–Trinajstić information content (AvgIpc) is 2.79. The Balaban J connectivity index is 1.45. The van der Waals surface area contributed by atoms with Crippen LogP contribution in [-0.4, -0.2) is 25.9 Å². The van der Waals surface area contributed by atoms with Crippen LogP contribution in [0.4, 0.5) is 11.4 Å². The van der Waals surface area contributed by atoms with Crippen LogP contribution in [0.15, 0.2) is 72.5 Å². The lowest BCUT2D eigenvalue weighted by atomic mass is 10.1. The Morgan fingerprint density at radius 1 is 1.09 bits per heavy atom. The van der Waals surface area contributed by atoms with Gasteiger partial charge in [-0.05, 0) is 53.6 Å². The van der Waals surface area contributed by atoms with Crippen molar-refractivity contribution >= 4 is 40.9 Å². The zero-order chi connectivity index (χ0) is 22.7. The molecule has 7 heteroatoms. The van der Waals surface area contributed by atoms with Gasteiger partial charge in [-0.1, -0.05) is 41.9 Å². The molecule has 0 unspecified atom stereocenters. The number of nitrogens with one attached hydrogen (secondary N) is 2. The van der Waals surface area contributed by atoms with Gasteiger partial charge in [-0.3, -0.25) is 9.59 Å². The zero-order valence-corrected chi connectivity index (χ0v) is 18.4. The van der Waals surface area contributed by atoms with Crippen LogP contribution >= 0.6 is 11.6 Å². The van der Waals surface area contributed by atoms with Gasteiger partial charge in [-0.15, -0.1) is 0 Å². The number of carbonyl (C=O) groups excluding carboxylic acids is 2. The third-order valence-electron chi connectivity index (χ3n) is 5.03. The molecule has 3 aromatic rings. The molecule has 1 aliphatic heterocycles. The molecule has 1 aliphatic rings. The van der Waals surface area contributed by atoms with Crippen LogP contribution in [0.3, 0.4) is 0 Å². The van der Waals surface area contributed by atoms with E-state index in [1.165, 1.54) is 0 Å². The molecule has 4 rings (SSSR count). The molecule has 1 heterocycles. The van der Waals surface area contributed by atoms with E-state index in [0.29, 0.717) is 34.1 Å². The van der Waals surface area contributed by atoms with E-state index < -0.39 is 5.91 Å². The summed E-state index contributed by atoms with van der Waals surface area (Å²) in [5.41, 5.74) is 3.63. The molecule has 0 atom stereocenters. The summed E-state index contributed by atoms with van der Waals surface area (Å²) in [6, 6.07) is 20.1. The van der Waals surface area contributed by atoms with Gasteiger partial charge in [0, 0.05) is 36.9 Å². The smallest absolute Gasteiger partial charge is 0.291 e. The van der Waals surface area contributed by atoms with E-state index >= 15 is 0 Å². The lowest BCUT2D eigenvalue weighted by Gasteiger charge is -2.20. The number of carbonyl (C=O) groups is 2. The van der Waals surface area contributed by atoms with Crippen molar-refractivity contribution in [2.45, 2.75) is 6.54 Å². The summed E-state index contributed by atoms with van der Waals surface area (Å²) in [5.74, 6) is -0.0604. The second-order valence-corrected chi connectivity index (χ2v) is 7.95. The highest BCUT2D eigenvalue weighted by atomic mass is 35.5. The zero-order valence-electron chi connectivity index (χ0n) is 17.7. The molecule has 0 saturated heterocycles. The van der Waals surface area contributed by atoms with Gasteiger partial charge in [0.15, 0.2) is 11.5 Å². The minimum atomic E-state index is -0.407. The van der Waals surface area contributed by atoms with Crippen LogP contribution in [0.1, 0.15) is 21.5 Å². The Hall–Kier alpha value is -3.77. The molecule has 32 heavy (non-hydrogen) atoms. The quantitative estimate of drug-likeness (QED) is 0.556. The van der Waals surface area contributed by atoms with Crippen molar-refractivity contribution in [2.24, 2.45) is 0 Å². The van der Waals surface area contributed by atoms with E-state index in [2.05, 4.69) is 10.6 Å². The number of rotatable bonds is 5. The fourth-order valence-electron chi connectivity index (χ4n) is 3.23. The Morgan fingerprint density at radius 2 is 1.84 bits per heavy atom. The summed E-state index contributed by atoms with van der Waals surface area (Å²) in [6.07, 6.45) is 1.59. The number of halogens is 1. The molecule has 6 nitrogen and oxygen atoms in total. The van der Waals surface area contributed by atoms with Crippen LogP contribution in [0, 0.1) is 0 Å². The number of hydrogen-bond donors (Lipinski definition) is 2. The van der Waals surface area contributed by atoms with E-state index in [9.17, 15) is 9.59 Å². The maximum atomic E-state index is 12.6. The van der Waals surface area contributed by atoms with Gasteiger partial charge in [0.05, 0.1) is 5.69 Å². The number of anilines is 2. The van der Waals surface area contributed by atoms with E-state index in [1.54, 1.807) is 36.4 Å². The summed E-state index contributed by atoms with van der Waals surface area (Å²) in [5, 5.41) is 6.19. The van der Waals surface area contributed by atoms with E-state index in [0.717, 1.165) is 11.3 Å². The number of ether oxygens (including phenoxy) is 1. The van der Waals surface area contributed by atoms with Gasteiger partial charge in [0.1, 0.15) is 0 Å². The lowest BCUT2D eigenvalue weighted by Crippen LogP contribution is -2.25. The first-order valence-corrected chi connectivity index (χ1v) is 10.4. The molecule has 0 bridgehead atoms. The van der Waals surface area contributed by atoms with E-state index in [1.807, 2.05) is 55.4 Å². The topological polar surface area (TPSA) is 70.7 Å². The molecule has 2 N–H and O–H groups in total. The lowest BCUT2D eigenvalue weighted by molar-refractivity contribution is -0.115. The molecule has 2 amide bonds. The van der Waals surface area contributed by atoms with Crippen molar-refractivity contribution < 1.29 is 14.3 Å². The maximum Gasteiger partial charge on any atom is 0.291 e. The average molecular weight is 448 g/mol. The van der Waals surface area contributed by atoms with Crippen molar-refractivity contribution in [2.75, 3.05) is 24.3 Å². The Morgan fingerprint density at radius 3 is 2.56 bits per heavy atom. The Bertz CT molecular complexity index is 1200. The molecule has 0 saturated carbocycles. The molecule has 162 valence electrons. The highest BCUT2D eigenvalue weighted by Gasteiger charge is 2.23. The van der Waals surface area contributed by atoms with E-state index in [4.69, 9.17) is 16.3 Å². The fourth-order valence-corrected chi connectivity index (χ4v) is 3.42. The Labute approximate surface area is 191 Å². The first kappa shape index (κ1) is 21.5. The van der Waals surface area contributed by atoms with Crippen molar-refractivity contribution in [3.05, 3.63) is 94.2 Å². The molecular weight excluding hydrogens is 426 g/mol. The number of benzene rings is 3. The summed E-state index contributed by atoms with van der Waals surface area (Å²) in [4.78, 5) is 27.1. The fraction of sp³-hybridized carbons (Fsp3) is 0.120. The van der Waals surface area contributed by atoms with Crippen LogP contribution in [0.5, 0.6) is 5.75 Å². The Kier molecular flexibility index (Phi) is 6.14. The van der Waals surface area contributed by atoms with Crippen LogP contribution in [-0.2, 0) is 11.3 Å². The number of nitrogens with zero attached hydrogens (tertiary/aromatic N) is 1. The minimum absolute atomic E-state index is 0.129. The summed E-state index contributed by atoms with van der Waals surface area (Å²) in [7, 11) is 3.95. The second-order valence-electron chi connectivity index (χ2n) is 7.54. The van der Waals surface area contributed by atoms with Gasteiger partial charge < -0.3 is 20.3 Å². The first-order valence-electron chi connectivity index (χ1n) is 10.0. The molecule has 0 fully saturated rings. The molecule has 0 aliphatic carbocycles. The van der Waals surface area contributed by atoms with Gasteiger partial charge in [0.2, 0.25) is 0 Å². The van der Waals surface area contributed by atoms with Crippen LogP contribution < -0.4 is 20.3 Å². The van der Waals surface area contributed by atoms with Gasteiger partial charge in [-0.2, -0.15) is 0 Å². The molecule has 0 spiro atoms. The molecule has 0 radical (unpaired) electrons. The normalized spacial score (nSPS) is 13.7. The monoisotopic (exact) mass is 447 g/mol. The van der Waals surface area contributed by atoms with Crippen molar-refractivity contribution in [1.82, 2.24) is 5.32 Å². The standard InChI is InChI=1S/C25H22ClN3O3/c1-29(2)19-10-7-16(8-11-19)15-27-24(30)18-9-12-22-21(13-18)28-25(31)23(32-22)14-17-5-3-4-6-20(17)26/h3-14H,15H2,1-2H3,(H,27,30)(H,28,31). The molecular formula is C25H22ClN3O3. The highest BCUT2D eigenvalue weighted by molar-refractivity contribution is 6.32. The van der Waals surface area contributed by atoms with Crippen molar-refractivity contribution in [1.29, 1.82) is 0 Å². The number of amides is 2. The summed E-state index contributed by atoms with van der Waals surface area (Å²) in [6.45, 7) is 0.400. The van der Waals surface area contributed by atoms with E-state index in [-0.39, 0.29) is 11.7 Å². The SMILES string of the molecule is CN(C)c1ccc(CNC(=O)c2ccc3c(c2)NC(=O)C(=Cc2ccccc2Cl)O3)cc1. The highest BCUT2D eigenvalue weighted by Crippen LogP contribution is 2.33. The summed E-state index contributed by atoms with van der Waals surface area (Å²) >= 11 is 6.16. The third-order valence-corrected chi connectivity index (χ3v) is 5.38. The third kappa shape index (κ3) is 4.76. The largest absolute Gasteiger partial charge is 0.449 e. The van der Waals surface area contributed by atoms with Crippen molar-refractivity contribution in [3.63, 3.8) is 0 Å². The minimum Gasteiger partial charge on any atom is -0.449 e. The van der Waals surface area contributed by atoms with Gasteiger partial charge >= 0.3 is 0 Å².